The fraction of sp³-hybridized carbons (Fsp3) is 0.0455. The molecule has 0 saturated carbocycles. The van der Waals surface area contributed by atoms with Crippen LogP contribution in [0.1, 0.15) is 37.9 Å². The molecule has 3 aromatic carbocycles. The largest absolute Gasteiger partial charge is 0.548 e. The van der Waals surface area contributed by atoms with Crippen LogP contribution in [0.25, 0.3) is 11.1 Å². The van der Waals surface area contributed by atoms with Gasteiger partial charge in [0.1, 0.15) is 0 Å². The number of benzene rings is 3. The third kappa shape index (κ3) is 2.79. The van der Waals surface area contributed by atoms with E-state index < -0.39 is 17.9 Å². The lowest BCUT2D eigenvalue weighted by atomic mass is 9.98. The van der Waals surface area contributed by atoms with Gasteiger partial charge in [-0.1, -0.05) is 66.7 Å². The first-order valence-electron chi connectivity index (χ1n) is 8.41. The van der Waals surface area contributed by atoms with Gasteiger partial charge < -0.3 is 15.2 Å². The number of aliphatic carboxylic acids is 1. The molecule has 3 aromatic rings. The number of carbonyl (C=O) groups is 3. The molecule has 0 bridgehead atoms. The van der Waals surface area contributed by atoms with Crippen molar-refractivity contribution in [1.29, 1.82) is 0 Å². The Bertz CT molecular complexity index is 1070. The van der Waals surface area contributed by atoms with Crippen molar-refractivity contribution in [2.24, 2.45) is 0 Å². The second-order valence-corrected chi connectivity index (χ2v) is 6.24. The van der Waals surface area contributed by atoms with Gasteiger partial charge in [-0.15, -0.1) is 0 Å². The highest BCUT2D eigenvalue weighted by molar-refractivity contribution is 6.24. The van der Waals surface area contributed by atoms with E-state index in [9.17, 15) is 19.5 Å². The molecule has 5 heteroatoms. The molecule has 0 aliphatic heterocycles. The molecule has 0 spiro atoms. The lowest BCUT2D eigenvalue weighted by Crippen LogP contribution is -2.41. The van der Waals surface area contributed by atoms with Gasteiger partial charge in [0.25, 0.3) is 5.91 Å². The van der Waals surface area contributed by atoms with E-state index in [4.69, 9.17) is 0 Å². The molecular weight excluding hydrogens is 342 g/mol. The summed E-state index contributed by atoms with van der Waals surface area (Å²) in [5.74, 6) is -2.12. The molecule has 0 unspecified atom stereocenters. The van der Waals surface area contributed by atoms with Crippen LogP contribution in [0.4, 0.5) is 0 Å². The first kappa shape index (κ1) is 16.7. The van der Waals surface area contributed by atoms with Crippen molar-refractivity contribution in [3.8, 4) is 11.1 Å². The Balaban J connectivity index is 1.75. The number of fused-ring (bicyclic) bond motifs is 3. The highest BCUT2D eigenvalue weighted by Gasteiger charge is 2.30. The Labute approximate surface area is 155 Å². The molecule has 0 heterocycles. The summed E-state index contributed by atoms with van der Waals surface area (Å²) in [7, 11) is 0. The molecule has 1 N–H and O–H groups in total. The first-order valence-corrected chi connectivity index (χ1v) is 8.41. The summed E-state index contributed by atoms with van der Waals surface area (Å²) in [6.45, 7) is 0. The lowest BCUT2D eigenvalue weighted by molar-refractivity contribution is -0.308. The molecule has 1 aliphatic rings. The maximum Gasteiger partial charge on any atom is 0.252 e. The van der Waals surface area contributed by atoms with E-state index in [1.54, 1.807) is 72.8 Å². The Hall–Kier alpha value is -3.73. The average molecular weight is 356 g/mol. The molecule has 4 rings (SSSR count). The summed E-state index contributed by atoms with van der Waals surface area (Å²) < 4.78 is 0. The monoisotopic (exact) mass is 356 g/mol. The Kier molecular flexibility index (Phi) is 4.05. The SMILES string of the molecule is O=C(N[C@@H](C(=O)[O-])c1ccccc1)c1cccc2c1-c1ccccc1C2=O. The number of nitrogens with one attached hydrogen (secondary N) is 1. The van der Waals surface area contributed by atoms with Gasteiger partial charge in [-0.3, -0.25) is 9.59 Å². The Morgan fingerprint density at radius 1 is 0.778 bits per heavy atom. The molecule has 0 saturated heterocycles. The van der Waals surface area contributed by atoms with Gasteiger partial charge in [-0.05, 0) is 17.2 Å². The first-order chi connectivity index (χ1) is 13.1. The Morgan fingerprint density at radius 3 is 2.11 bits per heavy atom. The van der Waals surface area contributed by atoms with Crippen LogP contribution in [0.15, 0.2) is 72.8 Å². The summed E-state index contributed by atoms with van der Waals surface area (Å²) in [4.78, 5) is 37.0. The van der Waals surface area contributed by atoms with Gasteiger partial charge in [0.05, 0.1) is 12.0 Å². The number of carboxylic acids is 1. The number of carbonyl (C=O) groups excluding carboxylic acids is 3. The Morgan fingerprint density at radius 2 is 1.41 bits per heavy atom. The van der Waals surface area contributed by atoms with E-state index in [-0.39, 0.29) is 11.3 Å². The van der Waals surface area contributed by atoms with Gasteiger partial charge in [-0.25, -0.2) is 0 Å². The number of ketones is 1. The van der Waals surface area contributed by atoms with Crippen LogP contribution >= 0.6 is 0 Å². The van der Waals surface area contributed by atoms with Crippen LogP contribution in [-0.4, -0.2) is 17.7 Å². The van der Waals surface area contributed by atoms with Gasteiger partial charge in [0, 0.05) is 22.3 Å². The highest BCUT2D eigenvalue weighted by Crippen LogP contribution is 2.38. The standard InChI is InChI=1S/C22H15NO4/c24-20-15-10-5-4-9-14(15)18-16(20)11-6-12-17(18)21(25)23-19(22(26)27)13-7-2-1-3-8-13/h1-12,19H,(H,23,25)(H,26,27)/p-1/t19-/m1/s1. The van der Waals surface area contributed by atoms with Gasteiger partial charge in [-0.2, -0.15) is 0 Å². The van der Waals surface area contributed by atoms with Crippen LogP contribution < -0.4 is 10.4 Å². The molecular formula is C22H14NO4-. The predicted octanol–water partition coefficient (Wildman–Crippen LogP) is 2.12. The van der Waals surface area contributed by atoms with E-state index >= 15 is 0 Å². The van der Waals surface area contributed by atoms with E-state index in [0.29, 0.717) is 27.8 Å². The predicted molar refractivity (Wildman–Crippen MR) is 97.0 cm³/mol. The van der Waals surface area contributed by atoms with Gasteiger partial charge in [0.15, 0.2) is 5.78 Å². The zero-order valence-corrected chi connectivity index (χ0v) is 14.1. The molecule has 1 amide bonds. The maximum atomic E-state index is 12.9. The summed E-state index contributed by atoms with van der Waals surface area (Å²) in [6, 6.07) is 19.0. The summed E-state index contributed by atoms with van der Waals surface area (Å²) in [5.41, 5.74) is 2.84. The molecule has 0 aromatic heterocycles. The number of amides is 1. The van der Waals surface area contributed by atoms with Crippen LogP contribution in [0.3, 0.4) is 0 Å². The molecule has 132 valence electrons. The smallest absolute Gasteiger partial charge is 0.252 e. The molecule has 1 aliphatic carbocycles. The zero-order chi connectivity index (χ0) is 19.0. The zero-order valence-electron chi connectivity index (χ0n) is 14.1. The minimum absolute atomic E-state index is 0.144. The highest BCUT2D eigenvalue weighted by atomic mass is 16.4. The molecule has 5 nitrogen and oxygen atoms in total. The summed E-state index contributed by atoms with van der Waals surface area (Å²) in [6.07, 6.45) is 0. The van der Waals surface area contributed by atoms with Gasteiger partial charge in [0.2, 0.25) is 0 Å². The van der Waals surface area contributed by atoms with Crippen LogP contribution in [0.2, 0.25) is 0 Å². The molecule has 0 radical (unpaired) electrons. The molecule has 1 atom stereocenters. The number of carboxylic acid groups (broad SMARTS) is 1. The number of rotatable bonds is 4. The van der Waals surface area contributed by atoms with Crippen molar-refractivity contribution in [2.75, 3.05) is 0 Å². The second-order valence-electron chi connectivity index (χ2n) is 6.24. The fourth-order valence-electron chi connectivity index (χ4n) is 3.40. The van der Waals surface area contributed by atoms with Crippen molar-refractivity contribution in [1.82, 2.24) is 5.32 Å². The minimum Gasteiger partial charge on any atom is -0.548 e. The van der Waals surface area contributed by atoms with Crippen molar-refractivity contribution < 1.29 is 19.5 Å². The van der Waals surface area contributed by atoms with E-state index in [2.05, 4.69) is 5.32 Å². The van der Waals surface area contributed by atoms with Crippen molar-refractivity contribution in [3.63, 3.8) is 0 Å². The van der Waals surface area contributed by atoms with E-state index in [0.717, 1.165) is 0 Å². The van der Waals surface area contributed by atoms with E-state index in [1.165, 1.54) is 0 Å². The van der Waals surface area contributed by atoms with Crippen molar-refractivity contribution >= 4 is 17.7 Å². The van der Waals surface area contributed by atoms with Crippen LogP contribution in [0, 0.1) is 0 Å². The summed E-state index contributed by atoms with van der Waals surface area (Å²) >= 11 is 0. The quantitative estimate of drug-likeness (QED) is 0.607. The average Bonchev–Trinajstić information content (AvgIpc) is 2.99. The maximum absolute atomic E-state index is 12.9. The normalized spacial score (nSPS) is 12.8. The molecule has 27 heavy (non-hydrogen) atoms. The summed E-state index contributed by atoms with van der Waals surface area (Å²) in [5, 5.41) is 14.1. The third-order valence-electron chi connectivity index (χ3n) is 4.64. The molecule has 0 fully saturated rings. The van der Waals surface area contributed by atoms with Crippen LogP contribution in [0.5, 0.6) is 0 Å². The third-order valence-corrected chi connectivity index (χ3v) is 4.64. The lowest BCUT2D eigenvalue weighted by Gasteiger charge is -2.21. The number of hydrogen-bond donors (Lipinski definition) is 1. The van der Waals surface area contributed by atoms with E-state index in [1.807, 2.05) is 0 Å². The minimum atomic E-state index is -1.40. The fourth-order valence-corrected chi connectivity index (χ4v) is 3.40. The van der Waals surface area contributed by atoms with Crippen molar-refractivity contribution in [2.45, 2.75) is 6.04 Å². The van der Waals surface area contributed by atoms with Crippen molar-refractivity contribution in [3.05, 3.63) is 95.1 Å². The van der Waals surface area contributed by atoms with Gasteiger partial charge >= 0.3 is 0 Å². The topological polar surface area (TPSA) is 86.3 Å². The second kappa shape index (κ2) is 6.53. The van der Waals surface area contributed by atoms with Crippen LogP contribution in [-0.2, 0) is 4.79 Å². The number of hydrogen-bond acceptors (Lipinski definition) is 4.